The van der Waals surface area contributed by atoms with Crippen LogP contribution in [0.4, 0.5) is 0 Å². The summed E-state index contributed by atoms with van der Waals surface area (Å²) in [6, 6.07) is 14.7. The summed E-state index contributed by atoms with van der Waals surface area (Å²) in [5.74, 6) is -0.164. The zero-order valence-corrected chi connectivity index (χ0v) is 17.8. The topological polar surface area (TPSA) is 84.3 Å². The van der Waals surface area contributed by atoms with Crippen LogP contribution in [-0.4, -0.2) is 33.0 Å². The molecule has 2 aromatic carbocycles. The van der Waals surface area contributed by atoms with E-state index >= 15 is 0 Å². The molecule has 3 aromatic rings. The molecule has 0 unspecified atom stereocenters. The second-order valence-corrected chi connectivity index (χ2v) is 8.11. The van der Waals surface area contributed by atoms with Gasteiger partial charge in [-0.3, -0.25) is 14.4 Å². The average molecular weight is 418 g/mol. The molecule has 1 saturated heterocycles. The minimum atomic E-state index is -0.336. The fourth-order valence-corrected chi connectivity index (χ4v) is 3.94. The molecule has 2 heterocycles. The van der Waals surface area contributed by atoms with Crippen LogP contribution in [0.2, 0.25) is 0 Å². The van der Waals surface area contributed by atoms with Gasteiger partial charge in [-0.25, -0.2) is 4.68 Å². The lowest BCUT2D eigenvalue weighted by Crippen LogP contribution is -2.31. The fraction of sp³-hybridized carbons (Fsp3) is 0.333. The Morgan fingerprint density at radius 2 is 1.71 bits per heavy atom. The lowest BCUT2D eigenvalue weighted by molar-refractivity contribution is -0.128. The minimum Gasteiger partial charge on any atom is -0.347 e. The molecule has 31 heavy (non-hydrogen) atoms. The Morgan fingerprint density at radius 3 is 2.39 bits per heavy atom. The zero-order valence-electron chi connectivity index (χ0n) is 17.8. The number of hydrogen-bond acceptors (Lipinski definition) is 4. The van der Waals surface area contributed by atoms with Crippen molar-refractivity contribution in [2.24, 2.45) is 0 Å². The van der Waals surface area contributed by atoms with Gasteiger partial charge in [0.15, 0.2) is 5.69 Å². The maximum atomic E-state index is 13.1. The third-order valence-electron chi connectivity index (χ3n) is 5.62. The summed E-state index contributed by atoms with van der Waals surface area (Å²) in [5.41, 5.74) is 2.00. The molecular formula is C24H26N4O3. The molecule has 0 radical (unpaired) electrons. The van der Waals surface area contributed by atoms with E-state index in [1.165, 1.54) is 4.68 Å². The molecular weight excluding hydrogens is 392 g/mol. The summed E-state index contributed by atoms with van der Waals surface area (Å²) in [6.45, 7) is 5.35. The molecule has 7 nitrogen and oxygen atoms in total. The summed E-state index contributed by atoms with van der Waals surface area (Å²) < 4.78 is 1.35. The smallest absolute Gasteiger partial charge is 0.274 e. The number of rotatable bonds is 6. The van der Waals surface area contributed by atoms with Crippen LogP contribution < -0.4 is 10.9 Å². The van der Waals surface area contributed by atoms with E-state index in [2.05, 4.69) is 10.4 Å². The van der Waals surface area contributed by atoms with Gasteiger partial charge < -0.3 is 10.2 Å². The predicted molar refractivity (Wildman–Crippen MR) is 119 cm³/mol. The van der Waals surface area contributed by atoms with Crippen molar-refractivity contribution in [2.45, 2.75) is 45.8 Å². The lowest BCUT2D eigenvalue weighted by atomic mass is 10.1. The molecule has 0 aliphatic carbocycles. The Bertz CT molecular complexity index is 1200. The van der Waals surface area contributed by atoms with Gasteiger partial charge in [-0.2, -0.15) is 5.10 Å². The van der Waals surface area contributed by atoms with Gasteiger partial charge in [-0.05, 0) is 37.5 Å². The number of amides is 2. The van der Waals surface area contributed by atoms with Crippen molar-refractivity contribution < 1.29 is 9.59 Å². The first-order valence-corrected chi connectivity index (χ1v) is 10.6. The van der Waals surface area contributed by atoms with Crippen molar-refractivity contribution in [3.8, 4) is 0 Å². The number of carbonyl (C=O) groups excluding carboxylic acids is 2. The van der Waals surface area contributed by atoms with Crippen molar-refractivity contribution >= 4 is 22.6 Å². The highest BCUT2D eigenvalue weighted by atomic mass is 16.2. The molecule has 0 spiro atoms. The number of aromatic nitrogens is 2. The van der Waals surface area contributed by atoms with Gasteiger partial charge in [0, 0.05) is 31.4 Å². The van der Waals surface area contributed by atoms with Gasteiger partial charge in [0.2, 0.25) is 5.91 Å². The summed E-state index contributed by atoms with van der Waals surface area (Å²) in [7, 11) is 0. The van der Waals surface area contributed by atoms with Crippen molar-refractivity contribution in [3.63, 3.8) is 0 Å². The molecule has 0 atom stereocenters. The van der Waals surface area contributed by atoms with Crippen LogP contribution in [0.25, 0.3) is 10.8 Å². The summed E-state index contributed by atoms with van der Waals surface area (Å²) in [5, 5.41) is 8.33. The number of carbonyl (C=O) groups is 2. The van der Waals surface area contributed by atoms with Crippen LogP contribution in [0.5, 0.6) is 0 Å². The standard InChI is InChI=1S/C24H26N4O3/c1-16(2)28-24(31)20-11-6-5-10-19(20)22(26-28)23(30)25-14-17-8-3-4-9-18(17)15-27-13-7-12-21(27)29/h3-6,8-11,16H,7,12-15H2,1-2H3,(H,25,30). The van der Waals surface area contributed by atoms with E-state index in [1.807, 2.05) is 43.0 Å². The highest BCUT2D eigenvalue weighted by Crippen LogP contribution is 2.18. The van der Waals surface area contributed by atoms with E-state index in [4.69, 9.17) is 0 Å². The van der Waals surface area contributed by atoms with E-state index < -0.39 is 0 Å². The molecule has 4 rings (SSSR count). The van der Waals surface area contributed by atoms with Crippen LogP contribution in [0.1, 0.15) is 54.3 Å². The maximum Gasteiger partial charge on any atom is 0.274 e. The Hall–Kier alpha value is -3.48. The van der Waals surface area contributed by atoms with Crippen LogP contribution in [0.3, 0.4) is 0 Å². The molecule has 7 heteroatoms. The van der Waals surface area contributed by atoms with E-state index in [1.54, 1.807) is 24.3 Å². The van der Waals surface area contributed by atoms with Crippen molar-refractivity contribution in [3.05, 3.63) is 75.7 Å². The number of nitrogens with one attached hydrogen (secondary N) is 1. The first-order chi connectivity index (χ1) is 15.0. The molecule has 0 saturated carbocycles. The molecule has 1 aromatic heterocycles. The van der Waals surface area contributed by atoms with Crippen LogP contribution in [0, 0.1) is 0 Å². The highest BCUT2D eigenvalue weighted by Gasteiger charge is 2.21. The predicted octanol–water partition coefficient (Wildman–Crippen LogP) is 3.03. The normalized spacial score (nSPS) is 13.9. The van der Waals surface area contributed by atoms with Gasteiger partial charge >= 0.3 is 0 Å². The van der Waals surface area contributed by atoms with Crippen molar-refractivity contribution in [1.29, 1.82) is 0 Å². The summed E-state index contributed by atoms with van der Waals surface area (Å²) in [4.78, 5) is 39.6. The SMILES string of the molecule is CC(C)n1nc(C(=O)NCc2ccccc2CN2CCCC2=O)c2ccccc2c1=O. The van der Waals surface area contributed by atoms with Gasteiger partial charge in [-0.15, -0.1) is 0 Å². The lowest BCUT2D eigenvalue weighted by Gasteiger charge is -2.18. The van der Waals surface area contributed by atoms with Crippen LogP contribution in [0.15, 0.2) is 53.3 Å². The molecule has 0 bridgehead atoms. The number of hydrogen-bond donors (Lipinski definition) is 1. The van der Waals surface area contributed by atoms with Crippen LogP contribution >= 0.6 is 0 Å². The van der Waals surface area contributed by atoms with Crippen LogP contribution in [-0.2, 0) is 17.9 Å². The van der Waals surface area contributed by atoms with E-state index in [0.29, 0.717) is 30.3 Å². The quantitative estimate of drug-likeness (QED) is 0.667. The number of likely N-dealkylation sites (tertiary alicyclic amines) is 1. The first-order valence-electron chi connectivity index (χ1n) is 10.6. The largest absolute Gasteiger partial charge is 0.347 e. The third-order valence-corrected chi connectivity index (χ3v) is 5.62. The zero-order chi connectivity index (χ0) is 22.0. The fourth-order valence-electron chi connectivity index (χ4n) is 3.94. The molecule has 160 valence electrons. The minimum absolute atomic E-state index is 0.164. The van der Waals surface area contributed by atoms with Gasteiger partial charge in [0.1, 0.15) is 0 Å². The summed E-state index contributed by atoms with van der Waals surface area (Å²) in [6.07, 6.45) is 1.49. The molecule has 1 aliphatic heterocycles. The third kappa shape index (κ3) is 4.21. The summed E-state index contributed by atoms with van der Waals surface area (Å²) >= 11 is 0. The van der Waals surface area contributed by atoms with Gasteiger partial charge in [0.25, 0.3) is 11.5 Å². The Balaban J connectivity index is 1.59. The second-order valence-electron chi connectivity index (χ2n) is 8.11. The first kappa shape index (κ1) is 20.8. The van der Waals surface area contributed by atoms with Gasteiger partial charge in [0.05, 0.1) is 11.4 Å². The molecule has 1 N–H and O–H groups in total. The monoisotopic (exact) mass is 418 g/mol. The number of fused-ring (bicyclic) bond motifs is 1. The Kier molecular flexibility index (Phi) is 5.84. The Morgan fingerprint density at radius 1 is 1.03 bits per heavy atom. The average Bonchev–Trinajstić information content (AvgIpc) is 3.17. The number of benzene rings is 2. The van der Waals surface area contributed by atoms with E-state index in [9.17, 15) is 14.4 Å². The molecule has 1 aliphatic rings. The van der Waals surface area contributed by atoms with Gasteiger partial charge in [-0.1, -0.05) is 42.5 Å². The molecule has 2 amide bonds. The number of nitrogens with zero attached hydrogens (tertiary/aromatic N) is 3. The second kappa shape index (κ2) is 8.71. The van der Waals surface area contributed by atoms with Crippen molar-refractivity contribution in [1.82, 2.24) is 20.0 Å². The maximum absolute atomic E-state index is 13.1. The Labute approximate surface area is 180 Å². The van der Waals surface area contributed by atoms with E-state index in [0.717, 1.165) is 24.1 Å². The highest BCUT2D eigenvalue weighted by molar-refractivity contribution is 6.04. The van der Waals surface area contributed by atoms with E-state index in [-0.39, 0.29) is 29.1 Å². The van der Waals surface area contributed by atoms with Crippen molar-refractivity contribution in [2.75, 3.05) is 6.54 Å². The molecule has 1 fully saturated rings.